The number of carboxylic acids is 1. The van der Waals surface area contributed by atoms with Crippen molar-refractivity contribution in [1.82, 2.24) is 9.97 Å². The van der Waals surface area contributed by atoms with Gasteiger partial charge in [-0.1, -0.05) is 11.8 Å². The van der Waals surface area contributed by atoms with Crippen LogP contribution in [-0.4, -0.2) is 25.8 Å². The normalized spacial score (nSPS) is 10.8. The van der Waals surface area contributed by atoms with E-state index in [1.807, 2.05) is 0 Å². The van der Waals surface area contributed by atoms with Crippen LogP contribution in [0.3, 0.4) is 0 Å². The first-order valence-corrected chi connectivity index (χ1v) is 7.25. The first kappa shape index (κ1) is 15.8. The van der Waals surface area contributed by atoms with Crippen molar-refractivity contribution in [3.05, 3.63) is 42.1 Å². The van der Waals surface area contributed by atoms with Crippen molar-refractivity contribution in [3.8, 4) is 6.07 Å². The number of hydrogen-bond acceptors (Lipinski definition) is 6. The maximum absolute atomic E-state index is 11.1. The SMILES string of the molecule is CC(C)(Sc1nccc(Nc2ccc(C#N)cc2)n1)C(=O)O. The molecule has 0 saturated heterocycles. The summed E-state index contributed by atoms with van der Waals surface area (Å²) in [6.45, 7) is 3.20. The van der Waals surface area contributed by atoms with Crippen molar-refractivity contribution in [2.24, 2.45) is 0 Å². The summed E-state index contributed by atoms with van der Waals surface area (Å²) in [5.41, 5.74) is 1.36. The zero-order valence-electron chi connectivity index (χ0n) is 12.1. The number of carboxylic acid groups (broad SMARTS) is 1. The van der Waals surface area contributed by atoms with Crippen molar-refractivity contribution in [2.45, 2.75) is 23.8 Å². The molecule has 0 saturated carbocycles. The van der Waals surface area contributed by atoms with Crippen LogP contribution < -0.4 is 5.32 Å². The van der Waals surface area contributed by atoms with E-state index in [2.05, 4.69) is 21.4 Å². The molecule has 2 rings (SSSR count). The molecular weight excluding hydrogens is 300 g/mol. The van der Waals surface area contributed by atoms with Crippen LogP contribution >= 0.6 is 11.8 Å². The molecule has 0 aliphatic rings. The molecule has 0 aliphatic heterocycles. The van der Waals surface area contributed by atoms with Crippen molar-refractivity contribution >= 4 is 29.2 Å². The summed E-state index contributed by atoms with van der Waals surface area (Å²) in [4.78, 5) is 19.5. The van der Waals surface area contributed by atoms with Crippen LogP contribution in [0.15, 0.2) is 41.7 Å². The number of aliphatic carboxylic acids is 1. The molecule has 0 fully saturated rings. The topological polar surface area (TPSA) is 98.9 Å². The molecule has 2 N–H and O–H groups in total. The zero-order chi connectivity index (χ0) is 16.2. The van der Waals surface area contributed by atoms with Crippen molar-refractivity contribution < 1.29 is 9.90 Å². The number of nitrogens with one attached hydrogen (secondary N) is 1. The molecule has 0 radical (unpaired) electrons. The molecule has 112 valence electrons. The Bertz CT molecular complexity index is 723. The summed E-state index contributed by atoms with van der Waals surface area (Å²) in [6.07, 6.45) is 1.57. The summed E-state index contributed by atoms with van der Waals surface area (Å²) in [6, 6.07) is 10.7. The van der Waals surface area contributed by atoms with E-state index in [4.69, 9.17) is 10.4 Å². The molecule has 0 bridgehead atoms. The zero-order valence-corrected chi connectivity index (χ0v) is 12.9. The smallest absolute Gasteiger partial charge is 0.319 e. The van der Waals surface area contributed by atoms with Crippen LogP contribution in [0.25, 0.3) is 0 Å². The first-order valence-electron chi connectivity index (χ1n) is 6.43. The predicted molar refractivity (Wildman–Crippen MR) is 84.0 cm³/mol. The second kappa shape index (κ2) is 6.45. The number of hydrogen-bond donors (Lipinski definition) is 2. The molecule has 1 aromatic carbocycles. The molecule has 1 aromatic heterocycles. The number of benzene rings is 1. The van der Waals surface area contributed by atoms with Crippen molar-refractivity contribution in [1.29, 1.82) is 5.26 Å². The van der Waals surface area contributed by atoms with Crippen LogP contribution in [0.1, 0.15) is 19.4 Å². The third-order valence-electron chi connectivity index (χ3n) is 2.78. The summed E-state index contributed by atoms with van der Waals surface area (Å²) in [5.74, 6) is -0.366. The molecule has 2 aromatic rings. The molecule has 0 atom stereocenters. The molecule has 1 heterocycles. The van der Waals surface area contributed by atoms with Gasteiger partial charge < -0.3 is 10.4 Å². The van der Waals surface area contributed by atoms with E-state index < -0.39 is 10.7 Å². The molecular formula is C15H14N4O2S. The molecule has 0 aliphatic carbocycles. The minimum atomic E-state index is -1.01. The number of rotatable bonds is 5. The Hall–Kier alpha value is -2.59. The summed E-state index contributed by atoms with van der Waals surface area (Å²) >= 11 is 1.08. The van der Waals surface area contributed by atoms with Gasteiger partial charge in [-0.15, -0.1) is 0 Å². The number of nitriles is 1. The van der Waals surface area contributed by atoms with Gasteiger partial charge >= 0.3 is 5.97 Å². The van der Waals surface area contributed by atoms with Gasteiger partial charge in [-0.3, -0.25) is 4.79 Å². The molecule has 0 spiro atoms. The minimum Gasteiger partial charge on any atom is -0.480 e. The van der Waals surface area contributed by atoms with Crippen LogP contribution in [-0.2, 0) is 4.79 Å². The fraction of sp³-hybridized carbons (Fsp3) is 0.200. The van der Waals surface area contributed by atoms with Gasteiger partial charge in [0.25, 0.3) is 0 Å². The van der Waals surface area contributed by atoms with Crippen molar-refractivity contribution in [2.75, 3.05) is 5.32 Å². The lowest BCUT2D eigenvalue weighted by atomic mass is 10.2. The highest BCUT2D eigenvalue weighted by atomic mass is 32.2. The Morgan fingerprint density at radius 3 is 2.59 bits per heavy atom. The highest BCUT2D eigenvalue weighted by molar-refractivity contribution is 8.01. The largest absolute Gasteiger partial charge is 0.480 e. The minimum absolute atomic E-state index is 0.381. The van der Waals surface area contributed by atoms with Gasteiger partial charge in [-0.25, -0.2) is 9.97 Å². The predicted octanol–water partition coefficient (Wildman–Crippen LogP) is 3.05. The van der Waals surface area contributed by atoms with E-state index in [0.717, 1.165) is 17.4 Å². The average molecular weight is 314 g/mol. The van der Waals surface area contributed by atoms with Gasteiger partial charge in [0.15, 0.2) is 5.16 Å². The Kier molecular flexibility index (Phi) is 4.63. The summed E-state index contributed by atoms with van der Waals surface area (Å²) < 4.78 is -1.01. The van der Waals surface area contributed by atoms with Crippen LogP contribution in [0.2, 0.25) is 0 Å². The highest BCUT2D eigenvalue weighted by Gasteiger charge is 2.29. The van der Waals surface area contributed by atoms with Gasteiger partial charge in [0.1, 0.15) is 10.6 Å². The second-order valence-corrected chi connectivity index (χ2v) is 6.55. The van der Waals surface area contributed by atoms with Gasteiger partial charge in [0.2, 0.25) is 0 Å². The Morgan fingerprint density at radius 2 is 2.00 bits per heavy atom. The first-order chi connectivity index (χ1) is 10.4. The summed E-state index contributed by atoms with van der Waals surface area (Å²) in [5, 5.41) is 21.4. The van der Waals surface area contributed by atoms with Gasteiger partial charge in [0.05, 0.1) is 11.6 Å². The third-order valence-corrected chi connectivity index (χ3v) is 3.85. The van der Waals surface area contributed by atoms with E-state index in [1.54, 1.807) is 50.4 Å². The Morgan fingerprint density at radius 1 is 1.32 bits per heavy atom. The van der Waals surface area contributed by atoms with Crippen LogP contribution in [0, 0.1) is 11.3 Å². The monoisotopic (exact) mass is 314 g/mol. The highest BCUT2D eigenvalue weighted by Crippen LogP contribution is 2.30. The molecule has 7 heteroatoms. The molecule has 6 nitrogen and oxygen atoms in total. The lowest BCUT2D eigenvalue weighted by Gasteiger charge is -2.17. The standard InChI is InChI=1S/C15H14N4O2S/c1-15(2,13(20)21)22-14-17-8-7-12(19-14)18-11-5-3-10(9-16)4-6-11/h3-8H,1-2H3,(H,20,21)(H,17,18,19). The number of carbonyl (C=O) groups is 1. The van der Waals surface area contributed by atoms with E-state index in [9.17, 15) is 4.79 Å². The molecule has 0 amide bonds. The van der Waals surface area contributed by atoms with Gasteiger partial charge in [-0.05, 0) is 44.2 Å². The number of nitrogens with zero attached hydrogens (tertiary/aromatic N) is 3. The number of anilines is 2. The van der Waals surface area contributed by atoms with Gasteiger partial charge in [0, 0.05) is 11.9 Å². The van der Waals surface area contributed by atoms with Crippen molar-refractivity contribution in [3.63, 3.8) is 0 Å². The maximum Gasteiger partial charge on any atom is 0.319 e. The summed E-state index contributed by atoms with van der Waals surface area (Å²) in [7, 11) is 0. The Balaban J connectivity index is 2.14. The van der Waals surface area contributed by atoms with E-state index >= 15 is 0 Å². The average Bonchev–Trinajstić information content (AvgIpc) is 2.48. The van der Waals surface area contributed by atoms with Crippen LogP contribution in [0.5, 0.6) is 0 Å². The maximum atomic E-state index is 11.1. The lowest BCUT2D eigenvalue weighted by molar-refractivity contribution is -0.138. The second-order valence-electron chi connectivity index (χ2n) is 4.96. The van der Waals surface area contributed by atoms with E-state index in [-0.39, 0.29) is 0 Å². The molecule has 0 unspecified atom stereocenters. The number of aromatic nitrogens is 2. The van der Waals surface area contributed by atoms with Crippen LogP contribution in [0.4, 0.5) is 11.5 Å². The Labute approximate surface area is 132 Å². The fourth-order valence-electron chi connectivity index (χ4n) is 1.51. The quantitative estimate of drug-likeness (QED) is 0.646. The lowest BCUT2D eigenvalue weighted by Crippen LogP contribution is -2.27. The third kappa shape index (κ3) is 3.96. The fourth-order valence-corrected chi connectivity index (χ4v) is 2.31. The number of thioether (sulfide) groups is 1. The van der Waals surface area contributed by atoms with E-state index in [1.165, 1.54) is 0 Å². The van der Waals surface area contributed by atoms with E-state index in [0.29, 0.717) is 16.5 Å². The van der Waals surface area contributed by atoms with Gasteiger partial charge in [-0.2, -0.15) is 5.26 Å². The molecule has 22 heavy (non-hydrogen) atoms.